The van der Waals surface area contributed by atoms with Crippen molar-refractivity contribution in [2.24, 2.45) is 0 Å². The Morgan fingerprint density at radius 1 is 1.56 bits per heavy atom. The third-order valence-corrected chi connectivity index (χ3v) is 2.98. The fourth-order valence-corrected chi connectivity index (χ4v) is 1.71. The zero-order valence-corrected chi connectivity index (χ0v) is 10.6. The number of benzene rings is 1. The number of amides is 1. The molecule has 0 unspecified atom stereocenters. The second-order valence-corrected chi connectivity index (χ2v) is 4.28. The summed E-state index contributed by atoms with van der Waals surface area (Å²) in [5.41, 5.74) is 0.924. The van der Waals surface area contributed by atoms with Crippen LogP contribution in [0.2, 0.25) is 0 Å². The SMILES string of the molecule is CC[C@@H](C#N)NC(=O)Cc1ccccc1Br. The van der Waals surface area contributed by atoms with Crippen molar-refractivity contribution in [2.75, 3.05) is 0 Å². The number of hydrogen-bond donors (Lipinski definition) is 1. The lowest BCUT2D eigenvalue weighted by Gasteiger charge is -2.09. The Hall–Kier alpha value is -1.34. The van der Waals surface area contributed by atoms with Crippen LogP contribution in [0, 0.1) is 11.3 Å². The summed E-state index contributed by atoms with van der Waals surface area (Å²) in [4.78, 5) is 11.6. The molecule has 1 rings (SSSR count). The van der Waals surface area contributed by atoms with E-state index < -0.39 is 6.04 Å². The Bertz CT molecular complexity index is 412. The van der Waals surface area contributed by atoms with E-state index in [4.69, 9.17) is 5.26 Å². The molecule has 0 radical (unpaired) electrons. The Kier molecular flexibility index (Phi) is 5.00. The van der Waals surface area contributed by atoms with Crippen LogP contribution < -0.4 is 5.32 Å². The van der Waals surface area contributed by atoms with Gasteiger partial charge in [-0.25, -0.2) is 0 Å². The van der Waals surface area contributed by atoms with E-state index in [9.17, 15) is 4.79 Å². The molecular formula is C12H13BrN2O. The van der Waals surface area contributed by atoms with E-state index in [0.29, 0.717) is 12.8 Å². The predicted molar refractivity (Wildman–Crippen MR) is 65.7 cm³/mol. The summed E-state index contributed by atoms with van der Waals surface area (Å²) in [7, 11) is 0. The van der Waals surface area contributed by atoms with Gasteiger partial charge in [0.25, 0.3) is 0 Å². The lowest BCUT2D eigenvalue weighted by molar-refractivity contribution is -0.120. The molecule has 84 valence electrons. The number of halogens is 1. The molecule has 0 bridgehead atoms. The van der Waals surface area contributed by atoms with Crippen molar-refractivity contribution in [3.05, 3.63) is 34.3 Å². The minimum atomic E-state index is -0.394. The average Bonchev–Trinajstić information content (AvgIpc) is 2.29. The van der Waals surface area contributed by atoms with Crippen molar-refractivity contribution in [3.8, 4) is 6.07 Å². The summed E-state index contributed by atoms with van der Waals surface area (Å²) in [6, 6.07) is 9.21. The maximum absolute atomic E-state index is 11.6. The van der Waals surface area contributed by atoms with Crippen LogP contribution in [-0.2, 0) is 11.2 Å². The molecule has 0 aliphatic carbocycles. The van der Waals surface area contributed by atoms with Crippen LogP contribution in [0.25, 0.3) is 0 Å². The molecule has 0 aliphatic rings. The molecule has 1 aromatic rings. The van der Waals surface area contributed by atoms with Crippen molar-refractivity contribution >= 4 is 21.8 Å². The Balaban J connectivity index is 2.59. The molecule has 0 saturated heterocycles. The molecule has 1 amide bonds. The van der Waals surface area contributed by atoms with Crippen LogP contribution in [0.5, 0.6) is 0 Å². The van der Waals surface area contributed by atoms with Crippen molar-refractivity contribution in [3.63, 3.8) is 0 Å². The Morgan fingerprint density at radius 2 is 2.25 bits per heavy atom. The minimum Gasteiger partial charge on any atom is -0.340 e. The van der Waals surface area contributed by atoms with Gasteiger partial charge in [-0.05, 0) is 18.1 Å². The second-order valence-electron chi connectivity index (χ2n) is 3.43. The van der Waals surface area contributed by atoms with Crippen LogP contribution in [0.4, 0.5) is 0 Å². The number of nitrogens with zero attached hydrogens (tertiary/aromatic N) is 1. The normalized spacial score (nSPS) is 11.6. The van der Waals surface area contributed by atoms with Gasteiger partial charge in [-0.3, -0.25) is 4.79 Å². The summed E-state index contributed by atoms with van der Waals surface area (Å²) in [6.07, 6.45) is 0.914. The largest absolute Gasteiger partial charge is 0.340 e. The van der Waals surface area contributed by atoms with Gasteiger partial charge in [-0.2, -0.15) is 5.26 Å². The molecule has 0 saturated carbocycles. The van der Waals surface area contributed by atoms with E-state index >= 15 is 0 Å². The molecule has 1 atom stereocenters. The highest BCUT2D eigenvalue weighted by molar-refractivity contribution is 9.10. The molecule has 0 aliphatic heterocycles. The van der Waals surface area contributed by atoms with Gasteiger partial charge in [0.05, 0.1) is 12.5 Å². The topological polar surface area (TPSA) is 52.9 Å². The smallest absolute Gasteiger partial charge is 0.225 e. The molecule has 0 aromatic heterocycles. The molecule has 1 aromatic carbocycles. The van der Waals surface area contributed by atoms with Gasteiger partial charge in [0.15, 0.2) is 0 Å². The molecule has 3 nitrogen and oxygen atoms in total. The zero-order valence-electron chi connectivity index (χ0n) is 9.03. The highest BCUT2D eigenvalue weighted by Crippen LogP contribution is 2.16. The molecular weight excluding hydrogens is 268 g/mol. The van der Waals surface area contributed by atoms with E-state index in [1.165, 1.54) is 0 Å². The van der Waals surface area contributed by atoms with Gasteiger partial charge in [0.2, 0.25) is 5.91 Å². The van der Waals surface area contributed by atoms with E-state index in [1.807, 2.05) is 37.3 Å². The fraction of sp³-hybridized carbons (Fsp3) is 0.333. The van der Waals surface area contributed by atoms with Gasteiger partial charge in [-0.15, -0.1) is 0 Å². The second kappa shape index (κ2) is 6.29. The maximum Gasteiger partial charge on any atom is 0.225 e. The van der Waals surface area contributed by atoms with Crippen molar-refractivity contribution in [1.29, 1.82) is 5.26 Å². The van der Waals surface area contributed by atoms with Crippen LogP contribution in [-0.4, -0.2) is 11.9 Å². The van der Waals surface area contributed by atoms with Crippen LogP contribution in [0.15, 0.2) is 28.7 Å². The predicted octanol–water partition coefficient (Wildman–Crippen LogP) is 2.41. The van der Waals surface area contributed by atoms with E-state index in [1.54, 1.807) is 0 Å². The summed E-state index contributed by atoms with van der Waals surface area (Å²) in [5.74, 6) is -0.125. The van der Waals surface area contributed by atoms with Crippen molar-refractivity contribution in [1.82, 2.24) is 5.32 Å². The molecule has 0 spiro atoms. The average molecular weight is 281 g/mol. The lowest BCUT2D eigenvalue weighted by Crippen LogP contribution is -2.34. The van der Waals surface area contributed by atoms with Gasteiger partial charge < -0.3 is 5.32 Å². The van der Waals surface area contributed by atoms with Gasteiger partial charge in [0, 0.05) is 4.47 Å². The van der Waals surface area contributed by atoms with Crippen LogP contribution in [0.1, 0.15) is 18.9 Å². The number of nitriles is 1. The third-order valence-electron chi connectivity index (χ3n) is 2.21. The maximum atomic E-state index is 11.6. The Morgan fingerprint density at radius 3 is 2.81 bits per heavy atom. The molecule has 4 heteroatoms. The first-order chi connectivity index (χ1) is 7.67. The van der Waals surface area contributed by atoms with Crippen LogP contribution in [0.3, 0.4) is 0 Å². The number of rotatable bonds is 4. The van der Waals surface area contributed by atoms with Crippen molar-refractivity contribution < 1.29 is 4.79 Å². The van der Waals surface area contributed by atoms with Crippen molar-refractivity contribution in [2.45, 2.75) is 25.8 Å². The number of carbonyl (C=O) groups is 1. The highest BCUT2D eigenvalue weighted by atomic mass is 79.9. The quantitative estimate of drug-likeness (QED) is 0.921. The summed E-state index contributed by atoms with van der Waals surface area (Å²) in [6.45, 7) is 1.87. The fourth-order valence-electron chi connectivity index (χ4n) is 1.29. The van der Waals surface area contributed by atoms with E-state index in [2.05, 4.69) is 21.2 Å². The monoisotopic (exact) mass is 280 g/mol. The highest BCUT2D eigenvalue weighted by Gasteiger charge is 2.10. The summed E-state index contributed by atoms with van der Waals surface area (Å²) < 4.78 is 0.912. The van der Waals surface area contributed by atoms with Gasteiger partial charge in [-0.1, -0.05) is 41.1 Å². The molecule has 1 N–H and O–H groups in total. The molecule has 16 heavy (non-hydrogen) atoms. The number of carbonyl (C=O) groups excluding carboxylic acids is 1. The van der Waals surface area contributed by atoms with Crippen LogP contribution >= 0.6 is 15.9 Å². The standard InChI is InChI=1S/C12H13BrN2O/c1-2-10(8-14)15-12(16)7-9-5-3-4-6-11(9)13/h3-6,10H,2,7H2,1H3,(H,15,16)/t10-/m0/s1. The van der Waals surface area contributed by atoms with E-state index in [-0.39, 0.29) is 5.91 Å². The first-order valence-corrected chi connectivity index (χ1v) is 5.89. The lowest BCUT2D eigenvalue weighted by atomic mass is 10.1. The third kappa shape index (κ3) is 3.67. The minimum absolute atomic E-state index is 0.125. The van der Waals surface area contributed by atoms with Gasteiger partial charge in [0.1, 0.15) is 6.04 Å². The number of hydrogen-bond acceptors (Lipinski definition) is 2. The van der Waals surface area contributed by atoms with Gasteiger partial charge >= 0.3 is 0 Å². The zero-order chi connectivity index (χ0) is 12.0. The summed E-state index contributed by atoms with van der Waals surface area (Å²) in [5, 5.41) is 11.4. The van der Waals surface area contributed by atoms with E-state index in [0.717, 1.165) is 10.0 Å². The summed E-state index contributed by atoms with van der Waals surface area (Å²) >= 11 is 3.38. The molecule has 0 heterocycles. The first kappa shape index (κ1) is 12.7. The number of nitrogens with one attached hydrogen (secondary N) is 1. The Labute approximate surface area is 104 Å². The molecule has 0 fully saturated rings. The first-order valence-electron chi connectivity index (χ1n) is 5.09.